The fourth-order valence-electron chi connectivity index (χ4n) is 1.26. The van der Waals surface area contributed by atoms with Gasteiger partial charge in [0.05, 0.1) is 13.7 Å². The minimum atomic E-state index is -1.15. The zero-order valence-corrected chi connectivity index (χ0v) is 9.79. The first kappa shape index (κ1) is 13.4. The number of pyridine rings is 1. The van der Waals surface area contributed by atoms with Crippen LogP contribution in [0.3, 0.4) is 0 Å². The van der Waals surface area contributed by atoms with Crippen molar-refractivity contribution in [3.8, 4) is 5.88 Å². The molecule has 1 rings (SSSR count). The Kier molecular flexibility index (Phi) is 4.86. The highest BCUT2D eigenvalue weighted by Crippen LogP contribution is 2.17. The Morgan fingerprint density at radius 3 is 2.76 bits per heavy atom. The summed E-state index contributed by atoms with van der Waals surface area (Å²) >= 11 is 0. The minimum Gasteiger partial charge on any atom is -0.481 e. The first-order chi connectivity index (χ1) is 8.10. The number of methoxy groups -OCH3 is 1. The van der Waals surface area contributed by atoms with Crippen LogP contribution in [0.1, 0.15) is 18.6 Å². The maximum absolute atomic E-state index is 11.3. The van der Waals surface area contributed by atoms with Crippen LogP contribution >= 0.6 is 0 Å². The standard InChI is InChI=1S/C11H16N2O4/c1-3-17-11(15)9(12)10(14)7-4-5-8(16-2)13-6-7/h4-6,9-10,14H,3,12H2,1-2H3/t9-,10-/m0/s1. The number of nitrogens with two attached hydrogens (primary N) is 1. The van der Waals surface area contributed by atoms with E-state index in [2.05, 4.69) is 4.98 Å². The number of aliphatic hydroxyl groups excluding tert-OH is 1. The summed E-state index contributed by atoms with van der Waals surface area (Å²) in [5, 5.41) is 9.84. The summed E-state index contributed by atoms with van der Waals surface area (Å²) in [4.78, 5) is 15.2. The second-order valence-corrected chi connectivity index (χ2v) is 3.36. The molecule has 94 valence electrons. The van der Waals surface area contributed by atoms with Crippen molar-refractivity contribution in [2.45, 2.75) is 19.1 Å². The highest BCUT2D eigenvalue weighted by molar-refractivity contribution is 5.76. The van der Waals surface area contributed by atoms with Gasteiger partial charge in [-0.15, -0.1) is 0 Å². The summed E-state index contributed by atoms with van der Waals surface area (Å²) in [5.74, 6) is -0.221. The summed E-state index contributed by atoms with van der Waals surface area (Å²) < 4.78 is 9.60. The molecule has 0 saturated carbocycles. The predicted octanol–water partition coefficient (Wildman–Crippen LogP) is 0.0140. The number of carbonyl (C=O) groups excluding carboxylic acids is 1. The van der Waals surface area contributed by atoms with Crippen molar-refractivity contribution in [1.82, 2.24) is 4.98 Å². The minimum absolute atomic E-state index is 0.222. The third kappa shape index (κ3) is 3.40. The Bertz CT molecular complexity index is 366. The monoisotopic (exact) mass is 240 g/mol. The van der Waals surface area contributed by atoms with Crippen LogP contribution in [-0.4, -0.2) is 35.8 Å². The van der Waals surface area contributed by atoms with Gasteiger partial charge in [-0.2, -0.15) is 0 Å². The number of ether oxygens (including phenoxy) is 2. The van der Waals surface area contributed by atoms with E-state index < -0.39 is 18.1 Å². The lowest BCUT2D eigenvalue weighted by Crippen LogP contribution is -2.38. The van der Waals surface area contributed by atoms with Crippen molar-refractivity contribution in [3.63, 3.8) is 0 Å². The number of hydrogen-bond donors (Lipinski definition) is 2. The SMILES string of the molecule is CCOC(=O)[C@@H](N)[C@@H](O)c1ccc(OC)nc1. The number of nitrogens with zero attached hydrogens (tertiary/aromatic N) is 1. The molecule has 1 aromatic rings. The van der Waals surface area contributed by atoms with Crippen molar-refractivity contribution in [2.24, 2.45) is 5.73 Å². The second-order valence-electron chi connectivity index (χ2n) is 3.36. The number of aliphatic hydroxyl groups is 1. The summed E-state index contributed by atoms with van der Waals surface area (Å²) in [5.41, 5.74) is 6.00. The van der Waals surface area contributed by atoms with E-state index in [0.29, 0.717) is 11.4 Å². The maximum atomic E-state index is 11.3. The molecule has 0 spiro atoms. The summed E-state index contributed by atoms with van der Waals surface area (Å²) in [6.45, 7) is 1.89. The lowest BCUT2D eigenvalue weighted by atomic mass is 10.1. The third-order valence-electron chi connectivity index (χ3n) is 2.21. The normalized spacial score (nSPS) is 13.9. The predicted molar refractivity (Wildman–Crippen MR) is 60.4 cm³/mol. The molecule has 6 nitrogen and oxygen atoms in total. The summed E-state index contributed by atoms with van der Waals surface area (Å²) in [7, 11) is 1.49. The van der Waals surface area contributed by atoms with Crippen molar-refractivity contribution >= 4 is 5.97 Å². The average molecular weight is 240 g/mol. The second kappa shape index (κ2) is 6.17. The van der Waals surface area contributed by atoms with E-state index in [0.717, 1.165) is 0 Å². The van der Waals surface area contributed by atoms with Gasteiger partial charge in [-0.25, -0.2) is 4.98 Å². The van der Waals surface area contributed by atoms with Gasteiger partial charge in [-0.05, 0) is 13.0 Å². The number of rotatable bonds is 5. The van der Waals surface area contributed by atoms with E-state index in [1.807, 2.05) is 0 Å². The lowest BCUT2D eigenvalue weighted by Gasteiger charge is -2.17. The third-order valence-corrected chi connectivity index (χ3v) is 2.21. The van der Waals surface area contributed by atoms with E-state index in [1.54, 1.807) is 19.1 Å². The fraction of sp³-hybridized carbons (Fsp3) is 0.455. The van der Waals surface area contributed by atoms with Gasteiger partial charge < -0.3 is 20.3 Å². The van der Waals surface area contributed by atoms with Crippen LogP contribution in [0.25, 0.3) is 0 Å². The summed E-state index contributed by atoms with van der Waals surface area (Å²) in [6, 6.07) is 2.05. The topological polar surface area (TPSA) is 94.7 Å². The number of esters is 1. The van der Waals surface area contributed by atoms with Crippen LogP contribution in [0.2, 0.25) is 0 Å². The fourth-order valence-corrected chi connectivity index (χ4v) is 1.26. The smallest absolute Gasteiger partial charge is 0.325 e. The Labute approximate surface area is 99.4 Å². The Morgan fingerprint density at radius 1 is 1.59 bits per heavy atom. The van der Waals surface area contributed by atoms with Crippen LogP contribution in [0.15, 0.2) is 18.3 Å². The molecule has 0 bridgehead atoms. The number of hydrogen-bond acceptors (Lipinski definition) is 6. The maximum Gasteiger partial charge on any atom is 0.325 e. The Morgan fingerprint density at radius 2 is 2.29 bits per heavy atom. The number of carbonyl (C=O) groups is 1. The van der Waals surface area contributed by atoms with E-state index in [1.165, 1.54) is 13.3 Å². The molecule has 0 amide bonds. The van der Waals surface area contributed by atoms with Crippen LogP contribution in [0.4, 0.5) is 0 Å². The molecule has 0 fully saturated rings. The molecule has 3 N–H and O–H groups in total. The quantitative estimate of drug-likeness (QED) is 0.704. The van der Waals surface area contributed by atoms with E-state index in [9.17, 15) is 9.90 Å². The van der Waals surface area contributed by atoms with Gasteiger partial charge in [-0.1, -0.05) is 0 Å². The molecule has 0 unspecified atom stereocenters. The molecule has 0 radical (unpaired) electrons. The highest BCUT2D eigenvalue weighted by Gasteiger charge is 2.25. The molecule has 1 aromatic heterocycles. The first-order valence-corrected chi connectivity index (χ1v) is 5.20. The van der Waals surface area contributed by atoms with E-state index >= 15 is 0 Å². The zero-order chi connectivity index (χ0) is 12.8. The van der Waals surface area contributed by atoms with Crippen molar-refractivity contribution in [2.75, 3.05) is 13.7 Å². The first-order valence-electron chi connectivity index (χ1n) is 5.20. The van der Waals surface area contributed by atoms with Gasteiger partial charge in [-0.3, -0.25) is 4.79 Å². The highest BCUT2D eigenvalue weighted by atomic mass is 16.5. The molecule has 0 aliphatic rings. The Hall–Kier alpha value is -1.66. The van der Waals surface area contributed by atoms with Crippen LogP contribution in [0.5, 0.6) is 5.88 Å². The van der Waals surface area contributed by atoms with Gasteiger partial charge in [0.15, 0.2) is 0 Å². The van der Waals surface area contributed by atoms with Gasteiger partial charge in [0.2, 0.25) is 5.88 Å². The van der Waals surface area contributed by atoms with Crippen molar-refractivity contribution in [3.05, 3.63) is 23.9 Å². The lowest BCUT2D eigenvalue weighted by molar-refractivity contribution is -0.147. The van der Waals surface area contributed by atoms with Gasteiger partial charge in [0.25, 0.3) is 0 Å². The average Bonchev–Trinajstić information content (AvgIpc) is 2.37. The molecule has 1 heterocycles. The Balaban J connectivity index is 2.73. The molecule has 2 atom stereocenters. The largest absolute Gasteiger partial charge is 0.481 e. The van der Waals surface area contributed by atoms with E-state index in [-0.39, 0.29) is 6.61 Å². The molecule has 0 aromatic carbocycles. The van der Waals surface area contributed by atoms with Crippen LogP contribution in [0, 0.1) is 0 Å². The van der Waals surface area contributed by atoms with Crippen LogP contribution in [-0.2, 0) is 9.53 Å². The van der Waals surface area contributed by atoms with Gasteiger partial charge >= 0.3 is 5.97 Å². The van der Waals surface area contributed by atoms with Gasteiger partial charge in [0.1, 0.15) is 12.1 Å². The molecular weight excluding hydrogens is 224 g/mol. The molecule has 6 heteroatoms. The molecule has 0 aliphatic heterocycles. The molecule has 0 aliphatic carbocycles. The van der Waals surface area contributed by atoms with Crippen molar-refractivity contribution in [1.29, 1.82) is 0 Å². The van der Waals surface area contributed by atoms with E-state index in [4.69, 9.17) is 15.2 Å². The molecule has 17 heavy (non-hydrogen) atoms. The zero-order valence-electron chi connectivity index (χ0n) is 9.79. The molecular formula is C11H16N2O4. The van der Waals surface area contributed by atoms with Crippen LogP contribution < -0.4 is 10.5 Å². The summed E-state index contributed by atoms with van der Waals surface area (Å²) in [6.07, 6.45) is 0.259. The number of aromatic nitrogens is 1. The van der Waals surface area contributed by atoms with Gasteiger partial charge in [0, 0.05) is 17.8 Å². The molecule has 0 saturated heterocycles. The van der Waals surface area contributed by atoms with Crippen molar-refractivity contribution < 1.29 is 19.4 Å².